The van der Waals surface area contributed by atoms with Crippen LogP contribution in [-0.4, -0.2) is 12.9 Å². The highest BCUT2D eigenvalue weighted by molar-refractivity contribution is 6.32. The van der Waals surface area contributed by atoms with Gasteiger partial charge in [0.15, 0.2) is 5.78 Å². The van der Waals surface area contributed by atoms with Crippen molar-refractivity contribution in [3.05, 3.63) is 69.8 Å². The highest BCUT2D eigenvalue weighted by atomic mass is 35.5. The molecule has 1 aliphatic carbocycles. The number of carbonyl (C=O) groups excluding carboxylic acids is 1. The summed E-state index contributed by atoms with van der Waals surface area (Å²) in [5.74, 6) is 0.874. The number of methoxy groups -OCH3 is 1. The minimum absolute atomic E-state index is 0.0822. The minimum atomic E-state index is 0.0822. The van der Waals surface area contributed by atoms with Crippen LogP contribution in [0.25, 0.3) is 6.08 Å². The van der Waals surface area contributed by atoms with E-state index in [0.29, 0.717) is 5.02 Å². The summed E-state index contributed by atoms with van der Waals surface area (Å²) in [5.41, 5.74) is 3.51. The SMILES string of the molecule is COc1ccc2c(c1)CC/C(=C/c1ccccc1Cl)C2=O. The second kappa shape index (κ2) is 5.74. The van der Waals surface area contributed by atoms with E-state index in [9.17, 15) is 4.79 Å². The summed E-state index contributed by atoms with van der Waals surface area (Å²) >= 11 is 6.16. The molecule has 0 N–H and O–H groups in total. The number of benzene rings is 2. The van der Waals surface area contributed by atoms with Crippen molar-refractivity contribution in [2.75, 3.05) is 7.11 Å². The Labute approximate surface area is 129 Å². The third kappa shape index (κ3) is 2.72. The molecule has 2 aromatic carbocycles. The molecule has 0 heterocycles. The molecule has 2 aromatic rings. The van der Waals surface area contributed by atoms with Crippen molar-refractivity contribution in [3.63, 3.8) is 0 Å². The van der Waals surface area contributed by atoms with Gasteiger partial charge in [-0.25, -0.2) is 0 Å². The number of halogens is 1. The van der Waals surface area contributed by atoms with Gasteiger partial charge in [-0.15, -0.1) is 0 Å². The third-order valence-corrected chi connectivity index (χ3v) is 4.09. The molecule has 0 radical (unpaired) electrons. The van der Waals surface area contributed by atoms with Crippen molar-refractivity contribution < 1.29 is 9.53 Å². The molecule has 0 bridgehead atoms. The summed E-state index contributed by atoms with van der Waals surface area (Å²) in [6.07, 6.45) is 3.47. The van der Waals surface area contributed by atoms with Gasteiger partial charge in [0.1, 0.15) is 5.75 Å². The van der Waals surface area contributed by atoms with Gasteiger partial charge in [-0.3, -0.25) is 4.79 Å². The van der Waals surface area contributed by atoms with E-state index in [0.717, 1.165) is 40.9 Å². The largest absolute Gasteiger partial charge is 0.497 e. The maximum Gasteiger partial charge on any atom is 0.189 e. The van der Waals surface area contributed by atoms with Crippen LogP contribution in [0.4, 0.5) is 0 Å². The second-order valence-corrected chi connectivity index (χ2v) is 5.45. The van der Waals surface area contributed by atoms with Gasteiger partial charge >= 0.3 is 0 Å². The van der Waals surface area contributed by atoms with Gasteiger partial charge in [0, 0.05) is 16.2 Å². The zero-order valence-corrected chi connectivity index (χ0v) is 12.5. The first-order valence-electron chi connectivity index (χ1n) is 6.86. The van der Waals surface area contributed by atoms with Crippen molar-refractivity contribution >= 4 is 23.5 Å². The van der Waals surface area contributed by atoms with Crippen molar-refractivity contribution in [2.24, 2.45) is 0 Å². The zero-order valence-electron chi connectivity index (χ0n) is 11.7. The summed E-state index contributed by atoms with van der Waals surface area (Å²) in [7, 11) is 1.63. The number of fused-ring (bicyclic) bond motifs is 1. The summed E-state index contributed by atoms with van der Waals surface area (Å²) < 4.78 is 5.21. The molecule has 0 saturated carbocycles. The number of ether oxygens (including phenoxy) is 1. The molecule has 2 nitrogen and oxygen atoms in total. The maximum absolute atomic E-state index is 12.6. The molecule has 3 rings (SSSR count). The van der Waals surface area contributed by atoms with E-state index >= 15 is 0 Å². The first kappa shape index (κ1) is 13.9. The van der Waals surface area contributed by atoms with Crippen LogP contribution in [0.15, 0.2) is 48.0 Å². The number of aryl methyl sites for hydroxylation is 1. The molecule has 21 heavy (non-hydrogen) atoms. The van der Waals surface area contributed by atoms with Crippen LogP contribution in [0.5, 0.6) is 5.75 Å². The van der Waals surface area contributed by atoms with Crippen LogP contribution >= 0.6 is 11.6 Å². The van der Waals surface area contributed by atoms with Gasteiger partial charge in [-0.05, 0) is 54.3 Å². The van der Waals surface area contributed by atoms with E-state index in [1.807, 2.05) is 48.5 Å². The Morgan fingerprint density at radius 2 is 1.95 bits per heavy atom. The summed E-state index contributed by atoms with van der Waals surface area (Å²) in [6.45, 7) is 0. The molecular formula is C18H15ClO2. The first-order chi connectivity index (χ1) is 10.2. The molecule has 3 heteroatoms. The van der Waals surface area contributed by atoms with Crippen molar-refractivity contribution in [3.8, 4) is 5.75 Å². The first-order valence-corrected chi connectivity index (χ1v) is 7.23. The highest BCUT2D eigenvalue weighted by Gasteiger charge is 2.22. The van der Waals surface area contributed by atoms with Crippen LogP contribution < -0.4 is 4.74 Å². The molecule has 1 aliphatic rings. The van der Waals surface area contributed by atoms with E-state index in [4.69, 9.17) is 16.3 Å². The molecular weight excluding hydrogens is 284 g/mol. The number of hydrogen-bond acceptors (Lipinski definition) is 2. The van der Waals surface area contributed by atoms with Gasteiger partial charge in [0.05, 0.1) is 7.11 Å². The number of Topliss-reactive ketones (excluding diaryl/α,β-unsaturated/α-hetero) is 1. The molecule has 106 valence electrons. The minimum Gasteiger partial charge on any atom is -0.497 e. The number of hydrogen-bond donors (Lipinski definition) is 0. The summed E-state index contributed by atoms with van der Waals surface area (Å²) in [5, 5.41) is 0.665. The van der Waals surface area contributed by atoms with Gasteiger partial charge in [-0.1, -0.05) is 29.8 Å². The van der Waals surface area contributed by atoms with E-state index in [1.54, 1.807) is 7.11 Å². The van der Waals surface area contributed by atoms with Gasteiger partial charge in [-0.2, -0.15) is 0 Å². The van der Waals surface area contributed by atoms with Crippen molar-refractivity contribution in [1.82, 2.24) is 0 Å². The molecule has 0 aromatic heterocycles. The van der Waals surface area contributed by atoms with Crippen LogP contribution in [0.2, 0.25) is 5.02 Å². The van der Waals surface area contributed by atoms with Gasteiger partial charge in [0.2, 0.25) is 0 Å². The quantitative estimate of drug-likeness (QED) is 0.760. The van der Waals surface area contributed by atoms with Gasteiger partial charge in [0.25, 0.3) is 0 Å². The van der Waals surface area contributed by atoms with Crippen LogP contribution in [0.1, 0.15) is 27.9 Å². The lowest BCUT2D eigenvalue weighted by molar-refractivity contribution is 0.102. The molecule has 0 fully saturated rings. The number of rotatable bonds is 2. The number of ketones is 1. The van der Waals surface area contributed by atoms with E-state index in [2.05, 4.69) is 0 Å². The maximum atomic E-state index is 12.6. The predicted octanol–water partition coefficient (Wildman–Crippen LogP) is 4.56. The third-order valence-electron chi connectivity index (χ3n) is 3.75. The average Bonchev–Trinajstić information content (AvgIpc) is 2.51. The zero-order chi connectivity index (χ0) is 14.8. The molecule has 0 spiro atoms. The average molecular weight is 299 g/mol. The smallest absolute Gasteiger partial charge is 0.189 e. The van der Waals surface area contributed by atoms with E-state index < -0.39 is 0 Å². The normalized spacial score (nSPS) is 15.9. The fourth-order valence-corrected chi connectivity index (χ4v) is 2.79. The fraction of sp³-hybridized carbons (Fsp3) is 0.167. The van der Waals surface area contributed by atoms with E-state index in [1.165, 1.54) is 0 Å². The fourth-order valence-electron chi connectivity index (χ4n) is 2.60. The molecule has 0 amide bonds. The Balaban J connectivity index is 1.98. The topological polar surface area (TPSA) is 26.3 Å². The van der Waals surface area contributed by atoms with E-state index in [-0.39, 0.29) is 5.78 Å². The van der Waals surface area contributed by atoms with Crippen LogP contribution in [-0.2, 0) is 6.42 Å². The molecule has 0 saturated heterocycles. The molecule has 0 unspecified atom stereocenters. The lowest BCUT2D eigenvalue weighted by atomic mass is 9.86. The van der Waals surface area contributed by atoms with Crippen LogP contribution in [0, 0.1) is 0 Å². The Bertz CT molecular complexity index is 732. The van der Waals surface area contributed by atoms with Crippen LogP contribution in [0.3, 0.4) is 0 Å². The second-order valence-electron chi connectivity index (χ2n) is 5.04. The van der Waals surface area contributed by atoms with Crippen molar-refractivity contribution in [1.29, 1.82) is 0 Å². The lowest BCUT2D eigenvalue weighted by Crippen LogP contribution is -2.14. The Morgan fingerprint density at radius 1 is 1.14 bits per heavy atom. The number of allylic oxidation sites excluding steroid dienone is 1. The van der Waals surface area contributed by atoms with Gasteiger partial charge < -0.3 is 4.74 Å². The molecule has 0 atom stereocenters. The predicted molar refractivity (Wildman–Crippen MR) is 85.1 cm³/mol. The highest BCUT2D eigenvalue weighted by Crippen LogP contribution is 2.30. The lowest BCUT2D eigenvalue weighted by Gasteiger charge is -2.18. The summed E-state index contributed by atoms with van der Waals surface area (Å²) in [6, 6.07) is 13.2. The standard InChI is InChI=1S/C18H15ClO2/c1-21-15-8-9-16-12(11-15)6-7-14(18(16)20)10-13-4-2-3-5-17(13)19/h2-5,8-11H,6-7H2,1H3/b14-10-. The summed E-state index contributed by atoms with van der Waals surface area (Å²) in [4.78, 5) is 12.6. The Hall–Kier alpha value is -2.06. The Morgan fingerprint density at radius 3 is 2.71 bits per heavy atom. The Kier molecular flexibility index (Phi) is 3.80. The monoisotopic (exact) mass is 298 g/mol. The number of carbonyl (C=O) groups is 1. The van der Waals surface area contributed by atoms with Crippen molar-refractivity contribution in [2.45, 2.75) is 12.8 Å². The molecule has 0 aliphatic heterocycles.